The van der Waals surface area contributed by atoms with E-state index in [4.69, 9.17) is 9.47 Å². The largest absolute Gasteiger partial charge is 0.493 e. The van der Waals surface area contributed by atoms with Gasteiger partial charge in [-0.2, -0.15) is 0 Å². The van der Waals surface area contributed by atoms with Gasteiger partial charge in [-0.05, 0) is 29.3 Å². The van der Waals surface area contributed by atoms with Crippen LogP contribution in [0.2, 0.25) is 0 Å². The number of nitrogens with zero attached hydrogens (tertiary/aromatic N) is 1. The van der Waals surface area contributed by atoms with Crippen molar-refractivity contribution in [3.63, 3.8) is 0 Å². The molecule has 2 aliphatic heterocycles. The van der Waals surface area contributed by atoms with Crippen molar-refractivity contribution in [1.82, 2.24) is 4.90 Å². The highest BCUT2D eigenvalue weighted by molar-refractivity contribution is 5.94. The van der Waals surface area contributed by atoms with Crippen LogP contribution in [0.4, 0.5) is 0 Å². The third-order valence-corrected chi connectivity index (χ3v) is 5.72. The number of hydrogen-bond acceptors (Lipinski definition) is 5. The van der Waals surface area contributed by atoms with Crippen LogP contribution in [0.25, 0.3) is 0 Å². The van der Waals surface area contributed by atoms with Crippen LogP contribution in [-0.2, 0) is 26.3 Å². The molecular formula is C19H19NO5. The minimum absolute atomic E-state index is 0.00984. The van der Waals surface area contributed by atoms with Gasteiger partial charge in [-0.25, -0.2) is 0 Å². The molecule has 1 fully saturated rings. The van der Waals surface area contributed by atoms with Gasteiger partial charge in [0.25, 0.3) is 0 Å². The average Bonchev–Trinajstić information content (AvgIpc) is 2.96. The number of rotatable bonds is 3. The van der Waals surface area contributed by atoms with Crippen LogP contribution in [-0.4, -0.2) is 43.6 Å². The minimum atomic E-state index is -0.760. The zero-order chi connectivity index (χ0) is 17.8. The zero-order valence-electron chi connectivity index (χ0n) is 14.2. The van der Waals surface area contributed by atoms with E-state index in [0.717, 1.165) is 17.4 Å². The number of aldehydes is 1. The smallest absolute Gasteiger partial charge is 0.228 e. The fraction of sp³-hybridized carbons (Fsp3) is 0.421. The lowest BCUT2D eigenvalue weighted by Crippen LogP contribution is -2.52. The van der Waals surface area contributed by atoms with Gasteiger partial charge in [0.1, 0.15) is 6.29 Å². The van der Waals surface area contributed by atoms with Gasteiger partial charge in [0.2, 0.25) is 5.91 Å². The van der Waals surface area contributed by atoms with Crippen LogP contribution < -0.4 is 9.47 Å². The Hall–Kier alpha value is -2.63. The standard InChI is InChI=1S/C19H19NO5/c1-24-16-5-11-6-18(23)20-9-12(10-21)14-7-13(22)3-4-19(14,20)15(11)8-17(16)25-2/h3-5,8,10,12,14H,6-7,9H2,1-2H3/t12-,14?,19-/m1/s1. The van der Waals surface area contributed by atoms with Gasteiger partial charge in [-0.3, -0.25) is 9.59 Å². The number of carbonyl (C=O) groups is 3. The fourth-order valence-corrected chi connectivity index (χ4v) is 4.62. The highest BCUT2D eigenvalue weighted by Crippen LogP contribution is 2.55. The molecule has 1 spiro atoms. The van der Waals surface area contributed by atoms with Gasteiger partial charge < -0.3 is 19.2 Å². The van der Waals surface area contributed by atoms with Crippen molar-refractivity contribution in [2.75, 3.05) is 20.8 Å². The zero-order valence-corrected chi connectivity index (χ0v) is 14.2. The summed E-state index contributed by atoms with van der Waals surface area (Å²) in [6, 6.07) is 3.71. The highest BCUT2D eigenvalue weighted by Gasteiger charge is 2.59. The van der Waals surface area contributed by atoms with Crippen LogP contribution in [0.15, 0.2) is 24.3 Å². The number of carbonyl (C=O) groups excluding carboxylic acids is 3. The summed E-state index contributed by atoms with van der Waals surface area (Å²) in [4.78, 5) is 38.2. The van der Waals surface area contributed by atoms with Gasteiger partial charge in [-0.1, -0.05) is 6.08 Å². The fourth-order valence-electron chi connectivity index (χ4n) is 4.62. The van der Waals surface area contributed by atoms with Crippen molar-refractivity contribution in [1.29, 1.82) is 0 Å². The maximum absolute atomic E-state index is 12.8. The predicted molar refractivity (Wildman–Crippen MR) is 88.4 cm³/mol. The van der Waals surface area contributed by atoms with E-state index in [0.29, 0.717) is 18.0 Å². The summed E-state index contributed by atoms with van der Waals surface area (Å²) < 4.78 is 10.8. The molecule has 130 valence electrons. The number of amides is 1. The summed E-state index contributed by atoms with van der Waals surface area (Å²) in [5.41, 5.74) is 1.02. The number of benzene rings is 1. The molecular weight excluding hydrogens is 322 g/mol. The van der Waals surface area contributed by atoms with E-state index in [9.17, 15) is 14.4 Å². The molecule has 1 saturated heterocycles. The topological polar surface area (TPSA) is 72.9 Å². The first-order chi connectivity index (χ1) is 12.0. The summed E-state index contributed by atoms with van der Waals surface area (Å²) in [6.07, 6.45) is 4.73. The lowest BCUT2D eigenvalue weighted by molar-refractivity contribution is -0.136. The number of methoxy groups -OCH3 is 2. The monoisotopic (exact) mass is 341 g/mol. The number of ketones is 1. The number of allylic oxidation sites excluding steroid dienone is 1. The summed E-state index contributed by atoms with van der Waals surface area (Å²) in [5.74, 6) is 0.498. The Morgan fingerprint density at radius 2 is 1.92 bits per heavy atom. The Balaban J connectivity index is 1.99. The first kappa shape index (κ1) is 15.9. The molecule has 0 radical (unpaired) electrons. The molecule has 1 amide bonds. The van der Waals surface area contributed by atoms with Crippen molar-refractivity contribution in [2.45, 2.75) is 18.4 Å². The Morgan fingerprint density at radius 3 is 2.60 bits per heavy atom. The van der Waals surface area contributed by atoms with Crippen LogP contribution in [0, 0.1) is 11.8 Å². The molecule has 6 heteroatoms. The van der Waals surface area contributed by atoms with Crippen LogP contribution in [0.1, 0.15) is 17.5 Å². The van der Waals surface area contributed by atoms with E-state index in [-0.39, 0.29) is 36.4 Å². The van der Waals surface area contributed by atoms with Crippen molar-refractivity contribution in [3.8, 4) is 11.5 Å². The third-order valence-electron chi connectivity index (χ3n) is 5.72. The molecule has 0 aromatic heterocycles. The van der Waals surface area contributed by atoms with Gasteiger partial charge in [0.05, 0.1) is 26.2 Å². The van der Waals surface area contributed by atoms with E-state index in [1.54, 1.807) is 25.2 Å². The van der Waals surface area contributed by atoms with Gasteiger partial charge in [0.15, 0.2) is 17.3 Å². The van der Waals surface area contributed by atoms with Gasteiger partial charge in [-0.15, -0.1) is 0 Å². The van der Waals surface area contributed by atoms with Crippen LogP contribution in [0.5, 0.6) is 11.5 Å². The minimum Gasteiger partial charge on any atom is -0.493 e. The second kappa shape index (κ2) is 5.44. The van der Waals surface area contributed by atoms with E-state index in [1.165, 1.54) is 6.08 Å². The molecule has 0 N–H and O–H groups in total. The summed E-state index contributed by atoms with van der Waals surface area (Å²) in [6.45, 7) is 0.346. The molecule has 0 saturated carbocycles. The van der Waals surface area contributed by atoms with Crippen molar-refractivity contribution in [3.05, 3.63) is 35.4 Å². The second-order valence-electron chi connectivity index (χ2n) is 6.78. The van der Waals surface area contributed by atoms with Crippen molar-refractivity contribution in [2.24, 2.45) is 11.8 Å². The van der Waals surface area contributed by atoms with Crippen LogP contribution >= 0.6 is 0 Å². The third kappa shape index (κ3) is 2.00. The molecule has 3 atom stereocenters. The maximum Gasteiger partial charge on any atom is 0.228 e. The molecule has 1 aromatic rings. The molecule has 0 bridgehead atoms. The Kier molecular flexibility index (Phi) is 3.45. The molecule has 3 aliphatic rings. The first-order valence-electron chi connectivity index (χ1n) is 8.28. The molecule has 4 rings (SSSR count). The van der Waals surface area contributed by atoms with Gasteiger partial charge in [0, 0.05) is 24.8 Å². The SMILES string of the molecule is COc1cc2c(cc1OC)[C@@]13C=CC(=O)CC1[C@@H](C=O)CN3C(=O)C2. The Labute approximate surface area is 145 Å². The summed E-state index contributed by atoms with van der Waals surface area (Å²) in [7, 11) is 3.12. The quantitative estimate of drug-likeness (QED) is 0.774. The normalized spacial score (nSPS) is 29.8. The van der Waals surface area contributed by atoms with Gasteiger partial charge >= 0.3 is 0 Å². The Bertz CT molecular complexity index is 814. The van der Waals surface area contributed by atoms with Crippen molar-refractivity contribution >= 4 is 18.0 Å². The second-order valence-corrected chi connectivity index (χ2v) is 6.78. The van der Waals surface area contributed by atoms with E-state index in [1.807, 2.05) is 12.1 Å². The molecule has 25 heavy (non-hydrogen) atoms. The number of ether oxygens (including phenoxy) is 2. The summed E-state index contributed by atoms with van der Waals surface area (Å²) in [5, 5.41) is 0. The number of fused-ring (bicyclic) bond motifs is 1. The summed E-state index contributed by atoms with van der Waals surface area (Å²) >= 11 is 0. The maximum atomic E-state index is 12.8. The molecule has 1 unspecified atom stereocenters. The predicted octanol–water partition coefficient (Wildman–Crippen LogP) is 1.26. The van der Waals surface area contributed by atoms with E-state index >= 15 is 0 Å². The number of hydrogen-bond donors (Lipinski definition) is 0. The van der Waals surface area contributed by atoms with Crippen LogP contribution in [0.3, 0.4) is 0 Å². The molecule has 6 nitrogen and oxygen atoms in total. The van der Waals surface area contributed by atoms with Crippen molar-refractivity contribution < 1.29 is 23.9 Å². The Morgan fingerprint density at radius 1 is 1.20 bits per heavy atom. The molecule has 2 heterocycles. The first-order valence-corrected chi connectivity index (χ1v) is 8.28. The molecule has 1 aromatic carbocycles. The molecule has 1 aliphatic carbocycles. The lowest BCUT2D eigenvalue weighted by Gasteiger charge is -2.46. The average molecular weight is 341 g/mol. The highest BCUT2D eigenvalue weighted by atomic mass is 16.5. The van der Waals surface area contributed by atoms with E-state index < -0.39 is 5.54 Å². The lowest BCUT2D eigenvalue weighted by atomic mass is 9.67. The van der Waals surface area contributed by atoms with E-state index in [2.05, 4.69) is 0 Å².